The highest BCUT2D eigenvalue weighted by molar-refractivity contribution is 7.73. The van der Waals surface area contributed by atoms with Crippen molar-refractivity contribution in [1.29, 1.82) is 0 Å². The topological polar surface area (TPSA) is 135 Å². The number of nitrogens with two attached hydrogens (primary N) is 1. The van der Waals surface area contributed by atoms with E-state index in [1.54, 1.807) is 0 Å². The Morgan fingerprint density at radius 1 is 1.38 bits per heavy atom. The summed E-state index contributed by atoms with van der Waals surface area (Å²) in [5.41, 5.74) is 3.83. The maximum absolute atomic E-state index is 11.0. The highest BCUT2D eigenvalue weighted by atomic mass is 32.2. The van der Waals surface area contributed by atoms with E-state index in [2.05, 4.69) is 0 Å². The largest absolute Gasteiger partial charge is 0.481 e. The van der Waals surface area contributed by atoms with Gasteiger partial charge in [0.2, 0.25) is 10.3 Å². The molecular weight excluding hydrogens is 238 g/mol. The van der Waals surface area contributed by atoms with Crippen molar-refractivity contribution in [2.75, 3.05) is 0 Å². The van der Waals surface area contributed by atoms with Crippen LogP contribution in [0.2, 0.25) is 0 Å². The van der Waals surface area contributed by atoms with Crippen LogP contribution in [0.25, 0.3) is 0 Å². The Morgan fingerprint density at radius 2 is 1.94 bits per heavy atom. The van der Waals surface area contributed by atoms with E-state index in [1.165, 1.54) is 0 Å². The van der Waals surface area contributed by atoms with Gasteiger partial charge in [0.1, 0.15) is 5.54 Å². The molecule has 0 spiro atoms. The second-order valence-electron chi connectivity index (χ2n) is 4.14. The molecule has 0 aromatic heterocycles. The number of aliphatic carboxylic acids is 2. The van der Waals surface area contributed by atoms with Gasteiger partial charge in [-0.05, 0) is 0 Å². The summed E-state index contributed by atoms with van der Waals surface area (Å²) in [5, 5.41) is 17.7. The lowest BCUT2D eigenvalue weighted by Crippen LogP contribution is -2.50. The Labute approximate surface area is 91.4 Å². The highest BCUT2D eigenvalue weighted by Crippen LogP contribution is 2.59. The van der Waals surface area contributed by atoms with Gasteiger partial charge in [-0.3, -0.25) is 9.59 Å². The van der Waals surface area contributed by atoms with E-state index in [-0.39, 0.29) is 11.3 Å². The van der Waals surface area contributed by atoms with Gasteiger partial charge in [0.15, 0.2) is 0 Å². The van der Waals surface area contributed by atoms with E-state index in [1.807, 2.05) is 0 Å². The molecule has 0 aromatic carbocycles. The van der Waals surface area contributed by atoms with Gasteiger partial charge in [0.05, 0.1) is 10.8 Å². The zero-order valence-electron chi connectivity index (χ0n) is 7.95. The van der Waals surface area contributed by atoms with Crippen molar-refractivity contribution in [2.45, 2.75) is 12.0 Å². The summed E-state index contributed by atoms with van der Waals surface area (Å²) in [6.07, 6.45) is -0.294. The van der Waals surface area contributed by atoms with E-state index >= 15 is 0 Å². The molecule has 0 aliphatic heterocycles. The molecule has 0 heterocycles. The monoisotopic (exact) mass is 247 g/mol. The molecule has 4 unspecified atom stereocenters. The average molecular weight is 247 g/mol. The second-order valence-corrected chi connectivity index (χ2v) is 5.13. The summed E-state index contributed by atoms with van der Waals surface area (Å²) in [4.78, 5) is 21.7. The lowest BCUT2D eigenvalue weighted by molar-refractivity contribution is -0.144. The van der Waals surface area contributed by atoms with Gasteiger partial charge in [0, 0.05) is 18.3 Å². The Bertz CT molecular complexity index is 515. The molecule has 2 fully saturated rings. The summed E-state index contributed by atoms with van der Waals surface area (Å²) in [6, 6.07) is 0. The molecule has 2 aliphatic carbocycles. The van der Waals surface area contributed by atoms with Gasteiger partial charge in [-0.15, -0.1) is 0 Å². The van der Waals surface area contributed by atoms with Crippen LogP contribution in [0.5, 0.6) is 0 Å². The van der Waals surface area contributed by atoms with Crippen LogP contribution in [0.15, 0.2) is 0 Å². The number of carboxylic acid groups (broad SMARTS) is 2. The van der Waals surface area contributed by atoms with Crippen molar-refractivity contribution in [3.8, 4) is 0 Å². The normalized spacial score (nSPS) is 40.3. The number of carboxylic acids is 2. The molecule has 0 radical (unpaired) electrons. The minimum absolute atomic E-state index is 0.0812. The van der Waals surface area contributed by atoms with Gasteiger partial charge in [-0.1, -0.05) is 0 Å². The first-order valence-electron chi connectivity index (χ1n) is 4.50. The fraction of sp³-hybridized carbons (Fsp3) is 0.625. The number of rotatable bonds is 2. The van der Waals surface area contributed by atoms with Crippen LogP contribution in [0.4, 0.5) is 0 Å². The third kappa shape index (κ3) is 1.20. The second kappa shape index (κ2) is 3.05. The first-order valence-corrected chi connectivity index (χ1v) is 5.58. The summed E-state index contributed by atoms with van der Waals surface area (Å²) < 4.78 is 21.7. The zero-order valence-corrected chi connectivity index (χ0v) is 8.77. The van der Waals surface area contributed by atoms with Crippen molar-refractivity contribution in [1.82, 2.24) is 0 Å². The summed E-state index contributed by atoms with van der Waals surface area (Å²) in [6.45, 7) is 0. The maximum Gasteiger partial charge on any atom is 0.324 e. The van der Waals surface area contributed by atoms with Gasteiger partial charge in [0.25, 0.3) is 0 Å². The predicted molar refractivity (Wildman–Crippen MR) is 51.2 cm³/mol. The SMILES string of the molecule is NC1(C(=O)O)CC(=S(=O)=O)C2C(C(=O)O)C21. The van der Waals surface area contributed by atoms with Crippen molar-refractivity contribution in [3.63, 3.8) is 0 Å². The maximum atomic E-state index is 11.0. The van der Waals surface area contributed by atoms with Crippen LogP contribution in [0.1, 0.15) is 6.42 Å². The Kier molecular flexibility index (Phi) is 2.11. The first kappa shape index (κ1) is 11.1. The van der Waals surface area contributed by atoms with Gasteiger partial charge < -0.3 is 15.9 Å². The Morgan fingerprint density at radius 3 is 2.31 bits per heavy atom. The fourth-order valence-corrected chi connectivity index (χ4v) is 3.44. The summed E-state index contributed by atoms with van der Waals surface area (Å²) >= 11 is 0. The van der Waals surface area contributed by atoms with Crippen molar-refractivity contribution >= 4 is 27.1 Å². The number of fused-ring (bicyclic) bond motifs is 1. The lowest BCUT2D eigenvalue weighted by Gasteiger charge is -2.20. The molecular formula is C8H9NO6S. The molecule has 4 N–H and O–H groups in total. The summed E-state index contributed by atoms with van der Waals surface area (Å²) in [5.74, 6) is -5.09. The molecule has 2 saturated carbocycles. The zero-order chi connectivity index (χ0) is 12.2. The van der Waals surface area contributed by atoms with E-state index < -0.39 is 45.5 Å². The molecule has 4 atom stereocenters. The Hall–Kier alpha value is -1.41. The molecule has 0 amide bonds. The predicted octanol–water partition coefficient (Wildman–Crippen LogP) is -1.83. The molecule has 88 valence electrons. The van der Waals surface area contributed by atoms with Crippen molar-refractivity contribution in [3.05, 3.63) is 0 Å². The van der Waals surface area contributed by atoms with Crippen LogP contribution in [-0.2, 0) is 19.9 Å². The van der Waals surface area contributed by atoms with Gasteiger partial charge >= 0.3 is 11.9 Å². The number of hydrogen-bond donors (Lipinski definition) is 3. The minimum Gasteiger partial charge on any atom is -0.481 e. The summed E-state index contributed by atoms with van der Waals surface area (Å²) in [7, 11) is -2.57. The Balaban J connectivity index is 2.49. The van der Waals surface area contributed by atoms with Crippen LogP contribution in [0.3, 0.4) is 0 Å². The van der Waals surface area contributed by atoms with Crippen LogP contribution < -0.4 is 5.73 Å². The van der Waals surface area contributed by atoms with Crippen molar-refractivity contribution < 1.29 is 28.2 Å². The van der Waals surface area contributed by atoms with Crippen LogP contribution in [-0.4, -0.2) is 41.0 Å². The highest BCUT2D eigenvalue weighted by Gasteiger charge is 2.73. The third-order valence-electron chi connectivity index (χ3n) is 3.35. The van der Waals surface area contributed by atoms with Crippen molar-refractivity contribution in [2.24, 2.45) is 23.5 Å². The standard InChI is InChI=1S/C8H9NO6S/c9-8(7(12)13)1-2(16(14)15)3-4(5(3)8)6(10)11/h3-5H,1,9H2,(H,10,11)(H,12,13). The van der Waals surface area contributed by atoms with Gasteiger partial charge in [-0.2, -0.15) is 8.42 Å². The molecule has 8 heteroatoms. The number of carbonyl (C=O) groups is 2. The van der Waals surface area contributed by atoms with Crippen LogP contribution >= 0.6 is 0 Å². The van der Waals surface area contributed by atoms with E-state index in [4.69, 9.17) is 15.9 Å². The average Bonchev–Trinajstić information content (AvgIpc) is 2.81. The molecule has 7 nitrogen and oxygen atoms in total. The lowest BCUT2D eigenvalue weighted by atomic mass is 9.92. The first-order chi connectivity index (χ1) is 7.30. The van der Waals surface area contributed by atoms with Gasteiger partial charge in [-0.25, -0.2) is 0 Å². The van der Waals surface area contributed by atoms with E-state index in [0.29, 0.717) is 0 Å². The van der Waals surface area contributed by atoms with Crippen LogP contribution in [0, 0.1) is 17.8 Å². The quantitative estimate of drug-likeness (QED) is 0.488. The molecule has 0 aromatic rings. The minimum atomic E-state index is -2.57. The molecule has 0 bridgehead atoms. The fourth-order valence-electron chi connectivity index (χ4n) is 2.57. The number of hydrogen-bond acceptors (Lipinski definition) is 5. The molecule has 16 heavy (non-hydrogen) atoms. The van der Waals surface area contributed by atoms with E-state index in [0.717, 1.165) is 0 Å². The molecule has 2 aliphatic rings. The smallest absolute Gasteiger partial charge is 0.324 e. The van der Waals surface area contributed by atoms with E-state index in [9.17, 15) is 18.0 Å². The molecule has 0 saturated heterocycles. The third-order valence-corrected chi connectivity index (χ3v) is 4.20. The molecule has 2 rings (SSSR count).